The molecule has 0 radical (unpaired) electrons. The Balaban J connectivity index is 1.82. The summed E-state index contributed by atoms with van der Waals surface area (Å²) < 4.78 is 0. The van der Waals surface area contributed by atoms with Gasteiger partial charge in [-0.2, -0.15) is 0 Å². The first kappa shape index (κ1) is 11.8. The first-order chi connectivity index (χ1) is 8.58. The zero-order valence-electron chi connectivity index (χ0n) is 11.2. The van der Waals surface area contributed by atoms with Crippen LogP contribution in [-0.2, 0) is 4.79 Å². The molecule has 100 valence electrons. The van der Waals surface area contributed by atoms with Crippen LogP contribution in [0.15, 0.2) is 11.9 Å². The molecule has 0 saturated carbocycles. The van der Waals surface area contributed by atoms with E-state index in [1.54, 1.807) is 0 Å². The molecule has 2 fully saturated rings. The average molecular weight is 250 g/mol. The number of rotatable bonds is 0. The number of carbonyl (C=O) groups is 1. The Hall–Kier alpha value is -1.23. The number of amides is 1. The van der Waals surface area contributed by atoms with Crippen molar-refractivity contribution >= 4 is 5.91 Å². The number of likely N-dealkylation sites (tertiary alicyclic amines) is 1. The van der Waals surface area contributed by atoms with E-state index in [0.717, 1.165) is 44.6 Å². The fraction of sp³-hybridized carbons (Fsp3) is 0.769. The lowest BCUT2D eigenvalue weighted by atomic mass is 9.87. The quantitative estimate of drug-likeness (QED) is 0.631. The molecule has 0 unspecified atom stereocenters. The van der Waals surface area contributed by atoms with Crippen LogP contribution >= 0.6 is 0 Å². The van der Waals surface area contributed by atoms with Gasteiger partial charge in [0.2, 0.25) is 5.91 Å². The monoisotopic (exact) mass is 250 g/mol. The fourth-order valence-electron chi connectivity index (χ4n) is 3.15. The van der Waals surface area contributed by atoms with E-state index in [-0.39, 0.29) is 17.5 Å². The Morgan fingerprint density at radius 1 is 1.22 bits per heavy atom. The third-order valence-corrected chi connectivity index (χ3v) is 4.41. The van der Waals surface area contributed by atoms with E-state index in [1.165, 1.54) is 0 Å². The number of hydrogen-bond donors (Lipinski definition) is 2. The molecule has 0 aromatic carbocycles. The number of carbonyl (C=O) groups excluding carboxylic acids is 1. The van der Waals surface area contributed by atoms with Crippen molar-refractivity contribution in [3.63, 3.8) is 0 Å². The van der Waals surface area contributed by atoms with Gasteiger partial charge in [-0.1, -0.05) is 0 Å². The minimum Gasteiger partial charge on any atom is -0.379 e. The molecular weight excluding hydrogens is 228 g/mol. The molecule has 3 aliphatic rings. The van der Waals surface area contributed by atoms with Gasteiger partial charge in [-0.05, 0) is 13.5 Å². The summed E-state index contributed by atoms with van der Waals surface area (Å²) >= 11 is 0. The van der Waals surface area contributed by atoms with Gasteiger partial charge >= 0.3 is 0 Å². The van der Waals surface area contributed by atoms with Crippen molar-refractivity contribution in [3.05, 3.63) is 11.9 Å². The van der Waals surface area contributed by atoms with Gasteiger partial charge in [-0.25, -0.2) is 0 Å². The van der Waals surface area contributed by atoms with Crippen LogP contribution in [0.3, 0.4) is 0 Å². The molecule has 0 aromatic heterocycles. The van der Waals surface area contributed by atoms with E-state index in [1.807, 2.05) is 0 Å². The number of fused-ring (bicyclic) bond motifs is 1. The van der Waals surface area contributed by atoms with Crippen LogP contribution in [0.2, 0.25) is 0 Å². The zero-order chi connectivity index (χ0) is 12.8. The average Bonchev–Trinajstić information content (AvgIpc) is 2.33. The lowest BCUT2D eigenvalue weighted by molar-refractivity contribution is -0.130. The molecule has 5 nitrogen and oxygen atoms in total. The van der Waals surface area contributed by atoms with Crippen molar-refractivity contribution in [1.29, 1.82) is 0 Å². The Kier molecular flexibility index (Phi) is 2.73. The standard InChI is InChI=1S/C13H22N4O/c1-16-7-4-13(5-8-16)14-11-9-17(2)6-3-10(11)12(18)15-13/h9-10,14H,3-8H2,1-2H3,(H,15,18)/t10-/m0/s1. The lowest BCUT2D eigenvalue weighted by Gasteiger charge is -2.49. The normalized spacial score (nSPS) is 31.4. The Morgan fingerprint density at radius 2 is 1.94 bits per heavy atom. The number of nitrogens with zero attached hydrogens (tertiary/aromatic N) is 2. The van der Waals surface area contributed by atoms with Gasteiger partial charge < -0.3 is 20.4 Å². The maximum atomic E-state index is 12.3. The summed E-state index contributed by atoms with van der Waals surface area (Å²) in [4.78, 5) is 16.7. The second kappa shape index (κ2) is 4.16. The van der Waals surface area contributed by atoms with Crippen LogP contribution in [-0.4, -0.2) is 55.1 Å². The van der Waals surface area contributed by atoms with Crippen LogP contribution in [0.1, 0.15) is 19.3 Å². The molecule has 5 heteroatoms. The van der Waals surface area contributed by atoms with Crippen molar-refractivity contribution in [1.82, 2.24) is 20.4 Å². The number of hydrogen-bond acceptors (Lipinski definition) is 4. The van der Waals surface area contributed by atoms with Crippen LogP contribution in [0.25, 0.3) is 0 Å². The molecule has 2 N–H and O–H groups in total. The summed E-state index contributed by atoms with van der Waals surface area (Å²) in [6.07, 6.45) is 4.97. The van der Waals surface area contributed by atoms with Crippen molar-refractivity contribution in [3.8, 4) is 0 Å². The predicted molar refractivity (Wildman–Crippen MR) is 69.6 cm³/mol. The smallest absolute Gasteiger partial charge is 0.230 e. The predicted octanol–water partition coefficient (Wildman–Crippen LogP) is -0.0792. The van der Waals surface area contributed by atoms with Crippen molar-refractivity contribution < 1.29 is 4.79 Å². The minimum absolute atomic E-state index is 0.0338. The van der Waals surface area contributed by atoms with E-state index in [2.05, 4.69) is 40.7 Å². The van der Waals surface area contributed by atoms with Crippen LogP contribution in [0.4, 0.5) is 0 Å². The zero-order valence-corrected chi connectivity index (χ0v) is 11.2. The molecule has 2 saturated heterocycles. The second-order valence-electron chi connectivity index (χ2n) is 5.91. The molecule has 0 bridgehead atoms. The molecular formula is C13H22N4O. The topological polar surface area (TPSA) is 47.6 Å². The highest BCUT2D eigenvalue weighted by molar-refractivity contribution is 5.83. The lowest BCUT2D eigenvalue weighted by Crippen LogP contribution is -2.68. The van der Waals surface area contributed by atoms with E-state index in [9.17, 15) is 4.79 Å². The van der Waals surface area contributed by atoms with Gasteiger partial charge in [0.25, 0.3) is 0 Å². The number of nitrogens with one attached hydrogen (secondary N) is 2. The summed E-state index contributed by atoms with van der Waals surface area (Å²) in [6.45, 7) is 3.02. The van der Waals surface area contributed by atoms with Crippen LogP contribution in [0.5, 0.6) is 0 Å². The molecule has 1 spiro atoms. The molecule has 0 aliphatic carbocycles. The maximum Gasteiger partial charge on any atom is 0.230 e. The highest BCUT2D eigenvalue weighted by atomic mass is 16.2. The summed E-state index contributed by atoms with van der Waals surface area (Å²) in [6, 6.07) is 0. The van der Waals surface area contributed by atoms with Crippen molar-refractivity contribution in [2.24, 2.45) is 5.92 Å². The first-order valence-corrected chi connectivity index (χ1v) is 6.79. The Bertz CT molecular complexity index is 384. The molecule has 1 atom stereocenters. The highest BCUT2D eigenvalue weighted by Crippen LogP contribution is 2.30. The van der Waals surface area contributed by atoms with Gasteiger partial charge in [-0.3, -0.25) is 4.79 Å². The van der Waals surface area contributed by atoms with E-state index < -0.39 is 0 Å². The van der Waals surface area contributed by atoms with Gasteiger partial charge in [-0.15, -0.1) is 0 Å². The summed E-state index contributed by atoms with van der Waals surface area (Å²) in [5, 5.41) is 6.84. The summed E-state index contributed by atoms with van der Waals surface area (Å²) in [7, 11) is 4.20. The third kappa shape index (κ3) is 1.96. The van der Waals surface area contributed by atoms with E-state index in [4.69, 9.17) is 0 Å². The minimum atomic E-state index is -0.204. The second-order valence-corrected chi connectivity index (χ2v) is 5.91. The molecule has 18 heavy (non-hydrogen) atoms. The van der Waals surface area contributed by atoms with Crippen LogP contribution < -0.4 is 10.6 Å². The number of piperidine rings is 1. The van der Waals surface area contributed by atoms with Crippen molar-refractivity contribution in [2.75, 3.05) is 33.7 Å². The molecule has 0 aromatic rings. The molecule has 1 amide bonds. The summed E-state index contributed by atoms with van der Waals surface area (Å²) in [5.74, 6) is 0.240. The SMILES string of the molecule is CN1C=C2NC3(CCN(C)CC3)NC(=O)[C@H]2CC1. The Labute approximate surface area is 108 Å². The van der Waals surface area contributed by atoms with Crippen molar-refractivity contribution in [2.45, 2.75) is 24.9 Å². The van der Waals surface area contributed by atoms with Crippen LogP contribution in [0, 0.1) is 5.92 Å². The van der Waals surface area contributed by atoms with Gasteiger partial charge in [0.1, 0.15) is 5.66 Å². The molecule has 3 rings (SSSR count). The fourth-order valence-corrected chi connectivity index (χ4v) is 3.15. The van der Waals surface area contributed by atoms with Gasteiger partial charge in [0.15, 0.2) is 0 Å². The largest absolute Gasteiger partial charge is 0.379 e. The third-order valence-electron chi connectivity index (χ3n) is 4.41. The Morgan fingerprint density at radius 3 is 2.67 bits per heavy atom. The van der Waals surface area contributed by atoms with Gasteiger partial charge in [0.05, 0.1) is 5.92 Å². The molecule has 3 aliphatic heterocycles. The van der Waals surface area contributed by atoms with E-state index >= 15 is 0 Å². The van der Waals surface area contributed by atoms with Gasteiger partial charge in [0, 0.05) is 51.4 Å². The molecule has 3 heterocycles. The first-order valence-electron chi connectivity index (χ1n) is 6.79. The summed E-state index contributed by atoms with van der Waals surface area (Å²) in [5.41, 5.74) is 0.904. The van der Waals surface area contributed by atoms with E-state index in [0.29, 0.717) is 0 Å². The highest BCUT2D eigenvalue weighted by Gasteiger charge is 2.43. The maximum absolute atomic E-state index is 12.3.